The van der Waals surface area contributed by atoms with Crippen LogP contribution in [-0.4, -0.2) is 52.1 Å². The van der Waals surface area contributed by atoms with Crippen LogP contribution in [0.1, 0.15) is 4.88 Å². The summed E-state index contributed by atoms with van der Waals surface area (Å²) in [4.78, 5) is 3.31. The van der Waals surface area contributed by atoms with Gasteiger partial charge in [-0.2, -0.15) is 0 Å². The number of nitrogens with zero attached hydrogens (tertiary/aromatic N) is 1. The predicted octanol–water partition coefficient (Wildman–Crippen LogP) is -0.106. The van der Waals surface area contributed by atoms with Crippen LogP contribution in [0.4, 0.5) is 0 Å². The third-order valence-electron chi connectivity index (χ3n) is 3.01. The lowest BCUT2D eigenvalue weighted by molar-refractivity contribution is -0.0878. The Morgan fingerprint density at radius 3 is 2.81 bits per heavy atom. The van der Waals surface area contributed by atoms with E-state index >= 15 is 0 Å². The van der Waals surface area contributed by atoms with Crippen LogP contribution < -0.4 is 0 Å². The second kappa shape index (κ2) is 5.25. The van der Waals surface area contributed by atoms with Crippen molar-refractivity contribution in [1.82, 2.24) is 4.90 Å². The first-order valence-corrected chi connectivity index (χ1v) is 6.30. The van der Waals surface area contributed by atoms with Crippen molar-refractivity contribution in [3.63, 3.8) is 0 Å². The highest BCUT2D eigenvalue weighted by Crippen LogP contribution is 2.20. The van der Waals surface area contributed by atoms with E-state index in [0.29, 0.717) is 13.1 Å². The Morgan fingerprint density at radius 2 is 2.19 bits per heavy atom. The van der Waals surface area contributed by atoms with Gasteiger partial charge in [-0.25, -0.2) is 0 Å². The molecule has 5 heteroatoms. The quantitative estimate of drug-likeness (QED) is 0.693. The Bertz CT molecular complexity index is 317. The molecule has 1 aromatic heterocycles. The van der Waals surface area contributed by atoms with Crippen molar-refractivity contribution in [3.05, 3.63) is 22.4 Å². The summed E-state index contributed by atoms with van der Waals surface area (Å²) >= 11 is 1.68. The zero-order valence-electron chi connectivity index (χ0n) is 8.99. The molecule has 4 nitrogen and oxygen atoms in total. The smallest absolute Gasteiger partial charge is 0.0929 e. The molecular formula is C11H17NO3S. The Balaban J connectivity index is 1.96. The van der Waals surface area contributed by atoms with E-state index in [1.165, 1.54) is 4.88 Å². The van der Waals surface area contributed by atoms with E-state index in [1.807, 2.05) is 11.4 Å². The largest absolute Gasteiger partial charge is 0.396 e. The highest BCUT2D eigenvalue weighted by atomic mass is 32.1. The highest BCUT2D eigenvalue weighted by molar-refractivity contribution is 7.09. The third-order valence-corrected chi connectivity index (χ3v) is 3.87. The molecule has 0 aliphatic carbocycles. The van der Waals surface area contributed by atoms with E-state index < -0.39 is 12.2 Å². The zero-order chi connectivity index (χ0) is 11.5. The van der Waals surface area contributed by atoms with Gasteiger partial charge >= 0.3 is 0 Å². The zero-order valence-corrected chi connectivity index (χ0v) is 9.81. The number of thiophene rings is 1. The lowest BCUT2D eigenvalue weighted by Gasteiger charge is -2.38. The summed E-state index contributed by atoms with van der Waals surface area (Å²) in [5.74, 6) is -0.247. The first-order chi connectivity index (χ1) is 7.70. The van der Waals surface area contributed by atoms with Gasteiger partial charge in [0.25, 0.3) is 0 Å². The van der Waals surface area contributed by atoms with Gasteiger partial charge in [-0.05, 0) is 11.4 Å². The number of hydrogen-bond donors (Lipinski definition) is 3. The summed E-state index contributed by atoms with van der Waals surface area (Å²) < 4.78 is 0. The number of hydrogen-bond acceptors (Lipinski definition) is 5. The fourth-order valence-corrected chi connectivity index (χ4v) is 2.86. The molecule has 0 aromatic carbocycles. The van der Waals surface area contributed by atoms with E-state index in [1.54, 1.807) is 11.3 Å². The average Bonchev–Trinajstić information content (AvgIpc) is 2.76. The van der Waals surface area contributed by atoms with Crippen molar-refractivity contribution in [1.29, 1.82) is 0 Å². The molecule has 2 rings (SSSR count). The number of rotatable bonds is 3. The van der Waals surface area contributed by atoms with Crippen LogP contribution in [-0.2, 0) is 6.54 Å². The van der Waals surface area contributed by atoms with Crippen LogP contribution in [0.2, 0.25) is 0 Å². The fourth-order valence-electron chi connectivity index (χ4n) is 2.12. The summed E-state index contributed by atoms with van der Waals surface area (Å²) in [7, 11) is 0. The maximum absolute atomic E-state index is 9.68. The molecule has 3 N–H and O–H groups in total. The van der Waals surface area contributed by atoms with Crippen LogP contribution in [0.3, 0.4) is 0 Å². The molecule has 0 saturated carbocycles. The molecular weight excluding hydrogens is 226 g/mol. The van der Waals surface area contributed by atoms with Gasteiger partial charge in [-0.1, -0.05) is 6.07 Å². The summed E-state index contributed by atoms with van der Waals surface area (Å²) in [6.45, 7) is 1.79. The number of aliphatic hydroxyl groups excluding tert-OH is 3. The van der Waals surface area contributed by atoms with Crippen LogP contribution in [0.15, 0.2) is 17.5 Å². The van der Waals surface area contributed by atoms with Crippen molar-refractivity contribution in [2.24, 2.45) is 5.92 Å². The topological polar surface area (TPSA) is 63.9 Å². The number of β-amino-alcohol motifs (C(OH)–C–C–N with tert-alkyl or cyclic N) is 1. The van der Waals surface area contributed by atoms with Crippen molar-refractivity contribution < 1.29 is 15.3 Å². The van der Waals surface area contributed by atoms with E-state index in [0.717, 1.165) is 6.54 Å². The Hall–Kier alpha value is -0.460. The van der Waals surface area contributed by atoms with Gasteiger partial charge in [0, 0.05) is 37.0 Å². The molecule has 0 amide bonds. The summed E-state index contributed by atoms with van der Waals surface area (Å²) in [5, 5.41) is 30.5. The molecule has 0 spiro atoms. The van der Waals surface area contributed by atoms with Gasteiger partial charge in [0.15, 0.2) is 0 Å². The minimum Gasteiger partial charge on any atom is -0.396 e. The Labute approximate surface area is 98.8 Å². The molecule has 0 bridgehead atoms. The van der Waals surface area contributed by atoms with Crippen molar-refractivity contribution in [2.45, 2.75) is 18.8 Å². The van der Waals surface area contributed by atoms with Crippen LogP contribution in [0.25, 0.3) is 0 Å². The van der Waals surface area contributed by atoms with Gasteiger partial charge < -0.3 is 15.3 Å². The summed E-state index contributed by atoms with van der Waals surface area (Å²) in [6.07, 6.45) is -1.56. The lowest BCUT2D eigenvalue weighted by atomic mass is 9.93. The SMILES string of the molecule is OC[C@H]1CN(Cc2cccs2)C[C@@H](O)[C@@H]1O. The van der Waals surface area contributed by atoms with Crippen molar-refractivity contribution in [3.8, 4) is 0 Å². The monoisotopic (exact) mass is 243 g/mol. The molecule has 1 saturated heterocycles. The minimum atomic E-state index is -0.801. The standard InChI is InChI=1S/C11H17NO3S/c13-7-8-4-12(6-10(14)11(8)15)5-9-2-1-3-16-9/h1-3,8,10-11,13-15H,4-7H2/t8-,10-,11-/m1/s1. The molecule has 3 atom stereocenters. The molecule has 16 heavy (non-hydrogen) atoms. The van der Waals surface area contributed by atoms with Gasteiger partial charge in [0.1, 0.15) is 0 Å². The third kappa shape index (κ3) is 2.61. The second-order valence-corrected chi connectivity index (χ2v) is 5.31. The van der Waals surface area contributed by atoms with E-state index in [9.17, 15) is 10.2 Å². The molecule has 1 aliphatic rings. The maximum atomic E-state index is 9.68. The van der Waals surface area contributed by atoms with Crippen molar-refractivity contribution >= 4 is 11.3 Å². The molecule has 90 valence electrons. The molecule has 1 aliphatic heterocycles. The number of piperidine rings is 1. The first-order valence-electron chi connectivity index (χ1n) is 5.42. The Kier molecular flexibility index (Phi) is 3.94. The molecule has 0 radical (unpaired) electrons. The molecule has 1 fully saturated rings. The number of aliphatic hydroxyl groups is 3. The normalized spacial score (nSPS) is 31.8. The summed E-state index contributed by atoms with van der Waals surface area (Å²) in [6, 6.07) is 4.05. The van der Waals surface area contributed by atoms with E-state index in [4.69, 9.17) is 5.11 Å². The van der Waals surface area contributed by atoms with Crippen molar-refractivity contribution in [2.75, 3.05) is 19.7 Å². The molecule has 1 aromatic rings. The van der Waals surface area contributed by atoms with E-state index in [2.05, 4.69) is 11.0 Å². The maximum Gasteiger partial charge on any atom is 0.0929 e. The van der Waals surface area contributed by atoms with Gasteiger partial charge in [-0.15, -0.1) is 11.3 Å². The second-order valence-electron chi connectivity index (χ2n) is 4.27. The first kappa shape index (κ1) is 12.0. The number of likely N-dealkylation sites (tertiary alicyclic amines) is 1. The van der Waals surface area contributed by atoms with Gasteiger partial charge in [0.2, 0.25) is 0 Å². The average molecular weight is 243 g/mol. The summed E-state index contributed by atoms with van der Waals surface area (Å²) in [5.41, 5.74) is 0. The predicted molar refractivity (Wildman–Crippen MR) is 62.2 cm³/mol. The molecule has 0 unspecified atom stereocenters. The van der Waals surface area contributed by atoms with Crippen LogP contribution in [0, 0.1) is 5.92 Å². The van der Waals surface area contributed by atoms with Gasteiger partial charge in [-0.3, -0.25) is 4.90 Å². The fraction of sp³-hybridized carbons (Fsp3) is 0.636. The van der Waals surface area contributed by atoms with E-state index in [-0.39, 0.29) is 12.5 Å². The molecule has 2 heterocycles. The Morgan fingerprint density at radius 1 is 1.38 bits per heavy atom. The minimum absolute atomic E-state index is 0.0842. The lowest BCUT2D eigenvalue weighted by Crippen LogP contribution is -2.53. The van der Waals surface area contributed by atoms with Gasteiger partial charge in [0.05, 0.1) is 12.2 Å². The van der Waals surface area contributed by atoms with Crippen LogP contribution in [0.5, 0.6) is 0 Å². The highest BCUT2D eigenvalue weighted by Gasteiger charge is 2.34. The van der Waals surface area contributed by atoms with Crippen LogP contribution >= 0.6 is 11.3 Å².